The molecule has 0 aliphatic heterocycles. The zero-order valence-electron chi connectivity index (χ0n) is 11.9. The molecule has 2 aromatic rings. The highest BCUT2D eigenvalue weighted by Gasteiger charge is 2.40. The minimum atomic E-state index is -3.65. The zero-order chi connectivity index (χ0) is 16.3. The van der Waals surface area contributed by atoms with E-state index in [0.717, 1.165) is 12.1 Å². The van der Waals surface area contributed by atoms with Crippen molar-refractivity contribution in [1.82, 2.24) is 20.1 Å². The van der Waals surface area contributed by atoms with Gasteiger partial charge in [-0.3, -0.25) is 9.89 Å². The van der Waals surface area contributed by atoms with Crippen molar-refractivity contribution in [2.45, 2.75) is 12.5 Å². The summed E-state index contributed by atoms with van der Waals surface area (Å²) in [5.41, 5.74) is -0.416. The van der Waals surface area contributed by atoms with Gasteiger partial charge < -0.3 is 14.6 Å². The van der Waals surface area contributed by atoms with Gasteiger partial charge in [0.25, 0.3) is 5.91 Å². The van der Waals surface area contributed by atoms with Gasteiger partial charge in [0, 0.05) is 12.6 Å². The normalized spacial score (nSPS) is 11.3. The lowest BCUT2D eigenvalue weighted by Crippen LogP contribution is -2.38. The van der Waals surface area contributed by atoms with E-state index in [1.807, 2.05) is 0 Å². The van der Waals surface area contributed by atoms with Crippen molar-refractivity contribution in [3.05, 3.63) is 40.4 Å². The standard InChI is InChI=1S/C13H14F2N4O2S/c1-19-10(17-18-12(19)22)7-16-11(20)13(14,15)8-3-5-9(21-2)6-4-8/h3-6H,7H2,1-2H3,(H,16,20)(H,18,22). The molecule has 1 heterocycles. The Balaban J connectivity index is 2.09. The number of rotatable bonds is 5. The van der Waals surface area contributed by atoms with E-state index in [0.29, 0.717) is 16.3 Å². The van der Waals surface area contributed by atoms with E-state index in [1.165, 1.54) is 23.8 Å². The smallest absolute Gasteiger partial charge is 0.349 e. The highest BCUT2D eigenvalue weighted by atomic mass is 32.1. The Morgan fingerprint density at radius 3 is 2.59 bits per heavy atom. The second-order valence-corrected chi connectivity index (χ2v) is 4.88. The number of carbonyl (C=O) groups is 1. The van der Waals surface area contributed by atoms with Crippen molar-refractivity contribution in [2.75, 3.05) is 7.11 Å². The molecule has 1 aromatic heterocycles. The van der Waals surface area contributed by atoms with Gasteiger partial charge >= 0.3 is 5.92 Å². The predicted molar refractivity (Wildman–Crippen MR) is 77.1 cm³/mol. The number of hydrogen-bond donors (Lipinski definition) is 2. The van der Waals surface area contributed by atoms with Crippen molar-refractivity contribution in [3.63, 3.8) is 0 Å². The van der Waals surface area contributed by atoms with E-state index in [9.17, 15) is 13.6 Å². The number of alkyl halides is 2. The molecule has 0 saturated heterocycles. The third-order valence-electron chi connectivity index (χ3n) is 3.12. The number of halogens is 2. The quantitative estimate of drug-likeness (QED) is 0.822. The molecule has 118 valence electrons. The molecular weight excluding hydrogens is 314 g/mol. The Morgan fingerprint density at radius 1 is 1.45 bits per heavy atom. The van der Waals surface area contributed by atoms with Crippen LogP contribution in [-0.2, 0) is 24.3 Å². The van der Waals surface area contributed by atoms with E-state index in [-0.39, 0.29) is 6.54 Å². The largest absolute Gasteiger partial charge is 0.497 e. The Morgan fingerprint density at radius 2 is 2.09 bits per heavy atom. The van der Waals surface area contributed by atoms with Crippen LogP contribution in [0.1, 0.15) is 11.4 Å². The van der Waals surface area contributed by atoms with E-state index in [4.69, 9.17) is 17.0 Å². The molecule has 22 heavy (non-hydrogen) atoms. The number of aromatic amines is 1. The van der Waals surface area contributed by atoms with Gasteiger partial charge in [-0.1, -0.05) is 0 Å². The molecule has 1 amide bonds. The van der Waals surface area contributed by atoms with Crippen molar-refractivity contribution < 1.29 is 18.3 Å². The van der Waals surface area contributed by atoms with Crippen molar-refractivity contribution in [2.24, 2.45) is 7.05 Å². The van der Waals surface area contributed by atoms with E-state index in [1.54, 1.807) is 7.05 Å². The van der Waals surface area contributed by atoms with Crippen LogP contribution in [0.2, 0.25) is 0 Å². The second kappa shape index (κ2) is 6.22. The van der Waals surface area contributed by atoms with E-state index >= 15 is 0 Å². The summed E-state index contributed by atoms with van der Waals surface area (Å²) in [7, 11) is 3.05. The van der Waals surface area contributed by atoms with Gasteiger partial charge in [-0.25, -0.2) is 0 Å². The highest BCUT2D eigenvalue weighted by Crippen LogP contribution is 2.29. The topological polar surface area (TPSA) is 71.9 Å². The molecule has 0 atom stereocenters. The summed E-state index contributed by atoms with van der Waals surface area (Å²) in [6, 6.07) is 5.03. The molecule has 2 N–H and O–H groups in total. The molecule has 0 aliphatic rings. The van der Waals surface area contributed by atoms with Gasteiger partial charge in [-0.15, -0.1) is 0 Å². The van der Waals surface area contributed by atoms with Gasteiger partial charge in [0.05, 0.1) is 13.7 Å². The third kappa shape index (κ3) is 3.14. The lowest BCUT2D eigenvalue weighted by atomic mass is 10.1. The molecule has 0 unspecified atom stereocenters. The Hall–Kier alpha value is -2.29. The van der Waals surface area contributed by atoms with Crippen molar-refractivity contribution in [3.8, 4) is 5.75 Å². The first-order valence-corrected chi connectivity index (χ1v) is 6.68. The average Bonchev–Trinajstić information content (AvgIpc) is 2.84. The van der Waals surface area contributed by atoms with Crippen LogP contribution in [0.5, 0.6) is 5.75 Å². The minimum absolute atomic E-state index is 0.159. The number of ether oxygens (including phenoxy) is 1. The fraction of sp³-hybridized carbons (Fsp3) is 0.308. The maximum atomic E-state index is 14.1. The van der Waals surface area contributed by atoms with Gasteiger partial charge in [0.2, 0.25) is 0 Å². The predicted octanol–water partition coefficient (Wildman–Crippen LogP) is 1.89. The summed E-state index contributed by atoms with van der Waals surface area (Å²) in [4.78, 5) is 11.7. The lowest BCUT2D eigenvalue weighted by molar-refractivity contribution is -0.147. The Kier molecular flexibility index (Phi) is 4.55. The van der Waals surface area contributed by atoms with Gasteiger partial charge in [-0.2, -0.15) is 13.9 Å². The molecule has 0 aliphatic carbocycles. The van der Waals surface area contributed by atoms with Crippen LogP contribution in [0.3, 0.4) is 0 Å². The van der Waals surface area contributed by atoms with Crippen LogP contribution in [0.4, 0.5) is 8.78 Å². The van der Waals surface area contributed by atoms with Crippen LogP contribution >= 0.6 is 12.2 Å². The molecule has 2 rings (SSSR count). The molecular formula is C13H14F2N4O2S. The summed E-state index contributed by atoms with van der Waals surface area (Å²) < 4.78 is 34.9. The van der Waals surface area contributed by atoms with Gasteiger partial charge in [-0.05, 0) is 36.5 Å². The first kappa shape index (κ1) is 16.1. The van der Waals surface area contributed by atoms with Crippen LogP contribution in [0.25, 0.3) is 0 Å². The maximum Gasteiger partial charge on any atom is 0.349 e. The van der Waals surface area contributed by atoms with E-state index < -0.39 is 17.4 Å². The molecule has 0 saturated carbocycles. The fourth-order valence-corrected chi connectivity index (χ4v) is 1.89. The van der Waals surface area contributed by atoms with Crippen molar-refractivity contribution >= 4 is 18.1 Å². The molecule has 1 aromatic carbocycles. The zero-order valence-corrected chi connectivity index (χ0v) is 12.7. The van der Waals surface area contributed by atoms with Crippen molar-refractivity contribution in [1.29, 1.82) is 0 Å². The number of benzene rings is 1. The minimum Gasteiger partial charge on any atom is -0.497 e. The number of nitrogens with zero attached hydrogens (tertiary/aromatic N) is 2. The molecule has 0 bridgehead atoms. The summed E-state index contributed by atoms with van der Waals surface area (Å²) in [6.07, 6.45) is 0. The molecule has 6 nitrogen and oxygen atoms in total. The summed E-state index contributed by atoms with van der Waals surface area (Å²) in [5, 5.41) is 8.49. The SMILES string of the molecule is COc1ccc(C(F)(F)C(=O)NCc2n[nH]c(=S)n2C)cc1. The molecule has 0 fully saturated rings. The molecule has 0 spiro atoms. The number of H-pyrrole nitrogens is 1. The van der Waals surface area contributed by atoms with Gasteiger partial charge in [0.15, 0.2) is 10.6 Å². The summed E-state index contributed by atoms with van der Waals surface area (Å²) >= 11 is 4.90. The summed E-state index contributed by atoms with van der Waals surface area (Å²) in [5.74, 6) is -4.28. The number of hydrogen-bond acceptors (Lipinski definition) is 4. The second-order valence-electron chi connectivity index (χ2n) is 4.49. The monoisotopic (exact) mass is 328 g/mol. The first-order valence-electron chi connectivity index (χ1n) is 6.27. The van der Waals surface area contributed by atoms with E-state index in [2.05, 4.69) is 15.5 Å². The molecule has 0 radical (unpaired) electrons. The maximum absolute atomic E-state index is 14.1. The number of nitrogens with one attached hydrogen (secondary N) is 2. The van der Waals surface area contributed by atoms with Crippen LogP contribution in [0, 0.1) is 4.77 Å². The lowest BCUT2D eigenvalue weighted by Gasteiger charge is -2.16. The highest BCUT2D eigenvalue weighted by molar-refractivity contribution is 7.71. The number of methoxy groups -OCH3 is 1. The fourth-order valence-electron chi connectivity index (χ4n) is 1.74. The van der Waals surface area contributed by atoms with Gasteiger partial charge in [0.1, 0.15) is 5.75 Å². The van der Waals surface area contributed by atoms with Crippen LogP contribution in [-0.4, -0.2) is 27.8 Å². The van der Waals surface area contributed by atoms with Crippen LogP contribution < -0.4 is 10.1 Å². The molecule has 9 heteroatoms. The van der Waals surface area contributed by atoms with Crippen LogP contribution in [0.15, 0.2) is 24.3 Å². The Bertz CT molecular complexity index is 724. The first-order chi connectivity index (χ1) is 10.4. The average molecular weight is 328 g/mol. The third-order valence-corrected chi connectivity index (χ3v) is 3.48. The number of aromatic nitrogens is 3. The number of carbonyl (C=O) groups excluding carboxylic acids is 1. The summed E-state index contributed by atoms with van der Waals surface area (Å²) in [6.45, 7) is -0.159. The number of amides is 1. The Labute approximate surface area is 130 Å².